The molecule has 0 saturated heterocycles. The molecule has 4 heteroatoms. The Balaban J connectivity index is 1.48. The molecule has 1 aliphatic heterocycles. The molecule has 0 aromatic heterocycles. The fraction of sp³-hybridized carbons (Fsp3) is 0.300. The first-order chi connectivity index (χ1) is 11.6. The van der Waals surface area contributed by atoms with E-state index in [4.69, 9.17) is 4.74 Å². The average Bonchev–Trinajstić information content (AvgIpc) is 2.92. The summed E-state index contributed by atoms with van der Waals surface area (Å²) in [5.41, 5.74) is 2.63. The molecule has 1 amide bonds. The number of amides is 1. The van der Waals surface area contributed by atoms with Gasteiger partial charge in [0.2, 0.25) is 5.91 Å². The molecule has 0 saturated carbocycles. The maximum atomic E-state index is 12.1. The predicted octanol–water partition coefficient (Wildman–Crippen LogP) is 3.60. The molecule has 0 aliphatic carbocycles. The second-order valence-corrected chi connectivity index (χ2v) is 6.14. The molecule has 1 heterocycles. The topological polar surface area (TPSA) is 55.4 Å². The second-order valence-electron chi connectivity index (χ2n) is 6.14. The van der Waals surface area contributed by atoms with E-state index in [0.717, 1.165) is 12.0 Å². The number of nitrogens with one attached hydrogen (secondary N) is 1. The first-order valence-electron chi connectivity index (χ1n) is 8.26. The van der Waals surface area contributed by atoms with Crippen LogP contribution in [0.4, 0.5) is 0 Å². The lowest BCUT2D eigenvalue weighted by Gasteiger charge is -2.14. The highest BCUT2D eigenvalue weighted by atomic mass is 16.5. The van der Waals surface area contributed by atoms with Crippen molar-refractivity contribution in [2.24, 2.45) is 0 Å². The lowest BCUT2D eigenvalue weighted by Crippen LogP contribution is -2.26. The number of rotatable bonds is 6. The largest absolute Gasteiger partial charge is 0.453 e. The molecular weight excluding hydrogens is 302 g/mol. The van der Waals surface area contributed by atoms with Gasteiger partial charge in [-0.05, 0) is 24.0 Å². The Morgan fingerprint density at radius 3 is 2.62 bits per heavy atom. The van der Waals surface area contributed by atoms with E-state index in [1.54, 1.807) is 12.1 Å². The number of fused-ring (bicyclic) bond motifs is 1. The van der Waals surface area contributed by atoms with Crippen LogP contribution in [0.3, 0.4) is 0 Å². The van der Waals surface area contributed by atoms with Crippen LogP contribution < -0.4 is 5.32 Å². The molecule has 0 radical (unpaired) electrons. The first kappa shape index (κ1) is 16.2. The quantitative estimate of drug-likeness (QED) is 0.826. The number of hydrogen-bond acceptors (Lipinski definition) is 3. The third kappa shape index (κ3) is 3.65. The van der Waals surface area contributed by atoms with E-state index < -0.39 is 6.10 Å². The summed E-state index contributed by atoms with van der Waals surface area (Å²) in [7, 11) is 0. The minimum Gasteiger partial charge on any atom is -0.453 e. The lowest BCUT2D eigenvalue weighted by atomic mass is 9.98. The Hall–Kier alpha value is -2.62. The number of esters is 1. The van der Waals surface area contributed by atoms with Gasteiger partial charge in [-0.3, -0.25) is 4.79 Å². The van der Waals surface area contributed by atoms with E-state index in [2.05, 4.69) is 24.4 Å². The molecule has 2 aromatic rings. The maximum absolute atomic E-state index is 12.1. The average molecular weight is 323 g/mol. The highest BCUT2D eigenvalue weighted by molar-refractivity contribution is 5.94. The van der Waals surface area contributed by atoms with Gasteiger partial charge in [-0.2, -0.15) is 0 Å². The summed E-state index contributed by atoms with van der Waals surface area (Å²) in [5, 5.41) is 2.93. The van der Waals surface area contributed by atoms with Gasteiger partial charge in [-0.25, -0.2) is 4.79 Å². The Morgan fingerprint density at radius 2 is 1.83 bits per heavy atom. The molecule has 4 nitrogen and oxygen atoms in total. The van der Waals surface area contributed by atoms with Crippen LogP contribution in [0.5, 0.6) is 0 Å². The molecule has 24 heavy (non-hydrogen) atoms. The number of carbonyl (C=O) groups excluding carboxylic acids is 2. The van der Waals surface area contributed by atoms with Gasteiger partial charge >= 0.3 is 5.97 Å². The van der Waals surface area contributed by atoms with E-state index in [0.29, 0.717) is 18.0 Å². The second kappa shape index (κ2) is 7.30. The predicted molar refractivity (Wildman–Crippen MR) is 91.7 cm³/mol. The normalized spacial score (nSPS) is 17.0. The van der Waals surface area contributed by atoms with Crippen molar-refractivity contribution in [3.05, 3.63) is 71.3 Å². The van der Waals surface area contributed by atoms with Crippen LogP contribution in [0.1, 0.15) is 53.3 Å². The molecule has 0 bridgehead atoms. The highest BCUT2D eigenvalue weighted by Gasteiger charge is 2.31. The van der Waals surface area contributed by atoms with Crippen LogP contribution in [-0.4, -0.2) is 18.4 Å². The first-order valence-corrected chi connectivity index (χ1v) is 8.26. The van der Waals surface area contributed by atoms with E-state index in [9.17, 15) is 9.59 Å². The number of cyclic esters (lactones) is 1. The van der Waals surface area contributed by atoms with E-state index >= 15 is 0 Å². The van der Waals surface area contributed by atoms with Crippen LogP contribution in [0, 0.1) is 0 Å². The molecule has 1 aliphatic rings. The Bertz CT molecular complexity index is 727. The van der Waals surface area contributed by atoms with Crippen molar-refractivity contribution >= 4 is 11.9 Å². The van der Waals surface area contributed by atoms with Gasteiger partial charge in [0.05, 0.1) is 12.0 Å². The van der Waals surface area contributed by atoms with Crippen LogP contribution in [-0.2, 0) is 9.53 Å². The smallest absolute Gasteiger partial charge is 0.339 e. The fourth-order valence-electron chi connectivity index (χ4n) is 2.99. The summed E-state index contributed by atoms with van der Waals surface area (Å²) in [4.78, 5) is 23.9. The van der Waals surface area contributed by atoms with Gasteiger partial charge in [0.15, 0.2) is 0 Å². The van der Waals surface area contributed by atoms with E-state index in [1.807, 2.05) is 30.3 Å². The van der Waals surface area contributed by atoms with Crippen molar-refractivity contribution in [2.75, 3.05) is 6.54 Å². The van der Waals surface area contributed by atoms with Crippen molar-refractivity contribution in [2.45, 2.75) is 31.8 Å². The van der Waals surface area contributed by atoms with E-state index in [1.165, 1.54) is 5.56 Å². The molecule has 0 fully saturated rings. The highest BCUT2D eigenvalue weighted by Crippen LogP contribution is 2.32. The summed E-state index contributed by atoms with van der Waals surface area (Å²) >= 11 is 0. The van der Waals surface area contributed by atoms with Crippen molar-refractivity contribution < 1.29 is 14.3 Å². The number of carbonyl (C=O) groups is 2. The zero-order chi connectivity index (χ0) is 16.9. The maximum Gasteiger partial charge on any atom is 0.339 e. The zero-order valence-electron chi connectivity index (χ0n) is 13.7. The van der Waals surface area contributed by atoms with Crippen LogP contribution >= 0.6 is 0 Å². The Kier molecular flexibility index (Phi) is 4.94. The zero-order valence-corrected chi connectivity index (χ0v) is 13.7. The minimum absolute atomic E-state index is 0.0928. The third-order valence-electron chi connectivity index (χ3n) is 4.42. The van der Waals surface area contributed by atoms with Gasteiger partial charge < -0.3 is 10.1 Å². The van der Waals surface area contributed by atoms with E-state index in [-0.39, 0.29) is 18.3 Å². The number of ether oxygens (including phenoxy) is 1. The van der Waals surface area contributed by atoms with Gasteiger partial charge in [0.1, 0.15) is 6.10 Å². The summed E-state index contributed by atoms with van der Waals surface area (Å²) in [6, 6.07) is 17.5. The lowest BCUT2D eigenvalue weighted by molar-refractivity contribution is -0.123. The SMILES string of the molecule is C[C@H](CCNC(=O)C[C@@H]1OC(=O)c2ccccc21)c1ccccc1. The molecule has 3 rings (SSSR count). The number of benzene rings is 2. The van der Waals surface area contributed by atoms with Gasteiger partial charge in [0, 0.05) is 12.1 Å². The van der Waals surface area contributed by atoms with Gasteiger partial charge in [-0.1, -0.05) is 55.5 Å². The van der Waals surface area contributed by atoms with Crippen molar-refractivity contribution in [1.82, 2.24) is 5.32 Å². The summed E-state index contributed by atoms with van der Waals surface area (Å²) < 4.78 is 5.30. The summed E-state index contributed by atoms with van der Waals surface area (Å²) in [5.74, 6) is -0.0533. The van der Waals surface area contributed by atoms with Crippen molar-refractivity contribution in [3.63, 3.8) is 0 Å². The summed E-state index contributed by atoms with van der Waals surface area (Å²) in [6.07, 6.45) is 0.569. The van der Waals surface area contributed by atoms with Crippen LogP contribution in [0.2, 0.25) is 0 Å². The standard InChI is InChI=1S/C20H21NO3/c1-14(15-7-3-2-4-8-15)11-12-21-19(22)13-18-16-9-5-6-10-17(16)20(23)24-18/h2-10,14,18H,11-13H2,1H3,(H,21,22)/t14-,18+/m1/s1. The molecule has 124 valence electrons. The van der Waals surface area contributed by atoms with Gasteiger partial charge in [0.25, 0.3) is 0 Å². The summed E-state index contributed by atoms with van der Waals surface area (Å²) in [6.45, 7) is 2.76. The molecular formula is C20H21NO3. The Morgan fingerprint density at radius 1 is 1.12 bits per heavy atom. The molecule has 1 N–H and O–H groups in total. The van der Waals surface area contributed by atoms with Crippen molar-refractivity contribution in [3.8, 4) is 0 Å². The fourth-order valence-corrected chi connectivity index (χ4v) is 2.99. The van der Waals surface area contributed by atoms with Gasteiger partial charge in [-0.15, -0.1) is 0 Å². The minimum atomic E-state index is -0.472. The van der Waals surface area contributed by atoms with Crippen LogP contribution in [0.25, 0.3) is 0 Å². The monoisotopic (exact) mass is 323 g/mol. The number of hydrogen-bond donors (Lipinski definition) is 1. The molecule has 0 spiro atoms. The van der Waals surface area contributed by atoms with Crippen LogP contribution in [0.15, 0.2) is 54.6 Å². The molecule has 0 unspecified atom stereocenters. The Labute approximate surface area is 141 Å². The third-order valence-corrected chi connectivity index (χ3v) is 4.42. The molecule has 2 atom stereocenters. The molecule has 2 aromatic carbocycles. The van der Waals surface area contributed by atoms with Crippen molar-refractivity contribution in [1.29, 1.82) is 0 Å².